The molecule has 0 unspecified atom stereocenters. The number of hydrogen-bond donors (Lipinski definition) is 4. The first kappa shape index (κ1) is 15.5. The second kappa shape index (κ2) is 6.26. The maximum absolute atomic E-state index is 9.78. The Morgan fingerprint density at radius 3 is 2.09 bits per heavy atom. The van der Waals surface area contributed by atoms with Crippen molar-refractivity contribution in [3.63, 3.8) is 0 Å². The van der Waals surface area contributed by atoms with Crippen LogP contribution in [0.4, 0.5) is 0 Å². The minimum absolute atomic E-state index is 0.197. The molecular weight excluding hydrogens is 280 g/mol. The predicted octanol–water partition coefficient (Wildman–Crippen LogP) is 3.56. The van der Waals surface area contributed by atoms with E-state index >= 15 is 0 Å². The number of phenols is 4. The van der Waals surface area contributed by atoms with Gasteiger partial charge < -0.3 is 20.4 Å². The van der Waals surface area contributed by atoms with Crippen molar-refractivity contribution in [2.75, 3.05) is 0 Å². The molecule has 0 heterocycles. The highest BCUT2D eigenvalue weighted by Gasteiger charge is 2.18. The highest BCUT2D eigenvalue weighted by molar-refractivity contribution is 5.53. The van der Waals surface area contributed by atoms with Crippen LogP contribution in [0.2, 0.25) is 0 Å². The number of rotatable bonds is 5. The van der Waals surface area contributed by atoms with E-state index in [1.807, 2.05) is 0 Å². The van der Waals surface area contributed by atoms with Crippen LogP contribution < -0.4 is 0 Å². The van der Waals surface area contributed by atoms with Gasteiger partial charge in [0.25, 0.3) is 0 Å². The molecule has 4 N–H and O–H groups in total. The average Bonchev–Trinajstić information content (AvgIpc) is 2.48. The Kier molecular flexibility index (Phi) is 4.41. The molecule has 0 aliphatic carbocycles. The van der Waals surface area contributed by atoms with Gasteiger partial charge in [0.15, 0.2) is 23.0 Å². The fraction of sp³-hybridized carbons (Fsp3) is 0.111. The Morgan fingerprint density at radius 2 is 1.50 bits per heavy atom. The smallest absolute Gasteiger partial charge is 0.157 e. The van der Waals surface area contributed by atoms with Gasteiger partial charge in [0, 0.05) is 5.92 Å². The highest BCUT2D eigenvalue weighted by atomic mass is 16.3. The molecule has 0 bridgehead atoms. The van der Waals surface area contributed by atoms with Crippen LogP contribution in [-0.4, -0.2) is 20.4 Å². The Hall–Kier alpha value is -2.88. The summed E-state index contributed by atoms with van der Waals surface area (Å²) in [6.07, 6.45) is 3.88. The molecule has 22 heavy (non-hydrogen) atoms. The third-order valence-electron chi connectivity index (χ3n) is 3.53. The molecule has 2 aromatic rings. The molecule has 0 saturated carbocycles. The summed E-state index contributed by atoms with van der Waals surface area (Å²) in [5.41, 5.74) is 2.25. The van der Waals surface area contributed by atoms with E-state index in [0.717, 1.165) is 11.1 Å². The molecule has 4 nitrogen and oxygen atoms in total. The Balaban J connectivity index is 2.59. The van der Waals surface area contributed by atoms with E-state index in [1.54, 1.807) is 18.2 Å². The first-order valence-corrected chi connectivity index (χ1v) is 6.78. The molecule has 0 spiro atoms. The number of benzene rings is 2. The summed E-state index contributed by atoms with van der Waals surface area (Å²) in [7, 11) is 0. The minimum atomic E-state index is -0.312. The van der Waals surface area contributed by atoms with Crippen LogP contribution in [0.15, 0.2) is 55.6 Å². The summed E-state index contributed by atoms with van der Waals surface area (Å²) < 4.78 is 0. The average molecular weight is 298 g/mol. The molecule has 0 aliphatic heterocycles. The van der Waals surface area contributed by atoms with E-state index in [-0.39, 0.29) is 28.9 Å². The maximum Gasteiger partial charge on any atom is 0.157 e. The van der Waals surface area contributed by atoms with Gasteiger partial charge in [0.2, 0.25) is 0 Å². The predicted molar refractivity (Wildman–Crippen MR) is 85.5 cm³/mol. The molecule has 0 aromatic heterocycles. The van der Waals surface area contributed by atoms with Gasteiger partial charge in [-0.25, -0.2) is 0 Å². The highest BCUT2D eigenvalue weighted by Crippen LogP contribution is 2.38. The van der Waals surface area contributed by atoms with Crippen LogP contribution in [0.3, 0.4) is 0 Å². The normalized spacial score (nSPS) is 11.8. The van der Waals surface area contributed by atoms with Crippen LogP contribution >= 0.6 is 0 Å². The summed E-state index contributed by atoms with van der Waals surface area (Å²) in [6, 6.07) is 7.48. The molecule has 2 rings (SSSR count). The molecule has 0 fully saturated rings. The van der Waals surface area contributed by atoms with Crippen molar-refractivity contribution in [3.05, 3.63) is 72.3 Å². The zero-order valence-corrected chi connectivity index (χ0v) is 12.0. The van der Waals surface area contributed by atoms with Crippen LogP contribution in [0, 0.1) is 0 Å². The first-order chi connectivity index (χ1) is 10.5. The summed E-state index contributed by atoms with van der Waals surface area (Å²) in [4.78, 5) is 0. The number of phenolic OH excluding ortho intramolecular Hbond substituents is 4. The second-order valence-electron chi connectivity index (χ2n) is 4.99. The number of hydrogen-bond acceptors (Lipinski definition) is 4. The molecule has 0 amide bonds. The largest absolute Gasteiger partial charge is 0.504 e. The van der Waals surface area contributed by atoms with Gasteiger partial charge in [-0.05, 0) is 47.4 Å². The first-order valence-electron chi connectivity index (χ1n) is 6.78. The Morgan fingerprint density at radius 1 is 0.864 bits per heavy atom. The van der Waals surface area contributed by atoms with Gasteiger partial charge in [0.05, 0.1) is 0 Å². The number of allylic oxidation sites excluding steroid dienone is 2. The molecule has 0 saturated heterocycles. The van der Waals surface area contributed by atoms with E-state index in [4.69, 9.17) is 0 Å². The van der Waals surface area contributed by atoms with Crippen LogP contribution in [0.25, 0.3) is 0 Å². The summed E-state index contributed by atoms with van der Waals surface area (Å²) >= 11 is 0. The van der Waals surface area contributed by atoms with E-state index in [9.17, 15) is 20.4 Å². The van der Waals surface area contributed by atoms with Gasteiger partial charge in [-0.1, -0.05) is 18.2 Å². The van der Waals surface area contributed by atoms with Gasteiger partial charge in [0.1, 0.15) is 0 Å². The zero-order valence-electron chi connectivity index (χ0n) is 12.0. The van der Waals surface area contributed by atoms with E-state index in [2.05, 4.69) is 13.2 Å². The zero-order chi connectivity index (χ0) is 16.3. The van der Waals surface area contributed by atoms with E-state index < -0.39 is 0 Å². The third kappa shape index (κ3) is 2.91. The summed E-state index contributed by atoms with van der Waals surface area (Å²) in [6.45, 7) is 7.49. The van der Waals surface area contributed by atoms with Crippen molar-refractivity contribution in [2.45, 2.75) is 12.3 Å². The van der Waals surface area contributed by atoms with Crippen molar-refractivity contribution in [1.82, 2.24) is 0 Å². The minimum Gasteiger partial charge on any atom is -0.504 e. The van der Waals surface area contributed by atoms with Crippen LogP contribution in [0.1, 0.15) is 22.6 Å². The summed E-state index contributed by atoms with van der Waals surface area (Å²) in [5, 5.41) is 38.6. The Bertz CT molecular complexity index is 719. The lowest BCUT2D eigenvalue weighted by Gasteiger charge is -2.19. The topological polar surface area (TPSA) is 80.9 Å². The third-order valence-corrected chi connectivity index (χ3v) is 3.53. The lowest BCUT2D eigenvalue weighted by atomic mass is 9.86. The summed E-state index contributed by atoms with van der Waals surface area (Å²) in [5.74, 6) is -1.16. The number of aromatic hydroxyl groups is 4. The second-order valence-corrected chi connectivity index (χ2v) is 4.99. The van der Waals surface area contributed by atoms with Crippen molar-refractivity contribution >= 4 is 0 Å². The lowest BCUT2D eigenvalue weighted by Crippen LogP contribution is -2.02. The van der Waals surface area contributed by atoms with Crippen molar-refractivity contribution in [2.24, 2.45) is 0 Å². The van der Waals surface area contributed by atoms with E-state index in [0.29, 0.717) is 12.0 Å². The molecule has 2 aromatic carbocycles. The Labute approximate surface area is 128 Å². The molecule has 0 radical (unpaired) electrons. The van der Waals surface area contributed by atoms with Crippen molar-refractivity contribution in [1.29, 1.82) is 0 Å². The van der Waals surface area contributed by atoms with Crippen molar-refractivity contribution in [3.8, 4) is 23.0 Å². The maximum atomic E-state index is 9.78. The van der Waals surface area contributed by atoms with Gasteiger partial charge in [-0.3, -0.25) is 0 Å². The quantitative estimate of drug-likeness (QED) is 0.502. The molecule has 0 aliphatic rings. The lowest BCUT2D eigenvalue weighted by molar-refractivity contribution is 0.402. The fourth-order valence-corrected chi connectivity index (χ4v) is 2.43. The monoisotopic (exact) mass is 298 g/mol. The standard InChI is InChI=1S/C18H18O4/c1-3-5-11-8-17(21)18(22)10-14(11)13(4-2)12-6-7-15(19)16(20)9-12/h3-4,6-10,13,19-22H,1-2,5H2/t13-/m1/s1. The van der Waals surface area contributed by atoms with Crippen LogP contribution in [-0.2, 0) is 6.42 Å². The SMILES string of the molecule is C=CCc1cc(O)c(O)cc1[C@H](C=C)c1ccc(O)c(O)c1. The van der Waals surface area contributed by atoms with Gasteiger partial charge >= 0.3 is 0 Å². The fourth-order valence-electron chi connectivity index (χ4n) is 2.43. The molecule has 4 heteroatoms. The molecular formula is C18H18O4. The van der Waals surface area contributed by atoms with Gasteiger partial charge in [-0.15, -0.1) is 13.2 Å². The molecule has 1 atom stereocenters. The van der Waals surface area contributed by atoms with Crippen molar-refractivity contribution < 1.29 is 20.4 Å². The van der Waals surface area contributed by atoms with Crippen LogP contribution in [0.5, 0.6) is 23.0 Å². The van der Waals surface area contributed by atoms with Gasteiger partial charge in [-0.2, -0.15) is 0 Å². The van der Waals surface area contributed by atoms with E-state index in [1.165, 1.54) is 24.3 Å². The molecule has 114 valence electrons.